The fourth-order valence-corrected chi connectivity index (χ4v) is 1.99. The Morgan fingerprint density at radius 3 is 2.81 bits per heavy atom. The Morgan fingerprint density at radius 2 is 2.14 bits per heavy atom. The van der Waals surface area contributed by atoms with Gasteiger partial charge in [0.25, 0.3) is 0 Å². The third-order valence-corrected chi connectivity index (χ3v) is 3.61. The molecule has 118 valence electrons. The second-order valence-corrected chi connectivity index (χ2v) is 6.01. The molecule has 0 spiro atoms. The average molecular weight is 358 g/mol. The molecule has 0 heterocycles. The van der Waals surface area contributed by atoms with Crippen LogP contribution >= 0.6 is 15.9 Å². The summed E-state index contributed by atoms with van der Waals surface area (Å²) in [6.45, 7) is 7.40. The topological polar surface area (TPSA) is 47.6 Å². The molecular weight excluding hydrogens is 334 g/mol. The molecule has 0 fully saturated rings. The predicted octanol–water partition coefficient (Wildman–Crippen LogP) is 3.67. The Hall–Kier alpha value is -1.07. The minimum Gasteiger partial charge on any atom is -0.482 e. The van der Waals surface area contributed by atoms with Gasteiger partial charge in [-0.1, -0.05) is 43.1 Å². The smallest absolute Gasteiger partial charge is 0.344 e. The molecular formula is C16H24BrNO3. The Morgan fingerprint density at radius 1 is 1.38 bits per heavy atom. The molecule has 0 aliphatic heterocycles. The standard InChI is InChI=1S/C16H24BrNO3/c1-4-5-8-20-16(19)11-21-14-6-7-15(17)13(9-14)10-18-12(2)3/h6-7,9,12,18H,4-5,8,10-11H2,1-3H3. The lowest BCUT2D eigenvalue weighted by atomic mass is 10.2. The maximum atomic E-state index is 11.5. The molecule has 0 atom stereocenters. The first kappa shape index (κ1) is 18.0. The third-order valence-electron chi connectivity index (χ3n) is 2.84. The van der Waals surface area contributed by atoms with Crippen molar-refractivity contribution in [1.29, 1.82) is 0 Å². The lowest BCUT2D eigenvalue weighted by molar-refractivity contribution is -0.146. The summed E-state index contributed by atoms with van der Waals surface area (Å²) in [5, 5.41) is 3.35. The molecule has 0 radical (unpaired) electrons. The van der Waals surface area contributed by atoms with Crippen LogP contribution in [0.15, 0.2) is 22.7 Å². The number of ether oxygens (including phenoxy) is 2. The maximum absolute atomic E-state index is 11.5. The van der Waals surface area contributed by atoms with Crippen molar-refractivity contribution >= 4 is 21.9 Å². The molecule has 0 aromatic heterocycles. The highest BCUT2D eigenvalue weighted by molar-refractivity contribution is 9.10. The van der Waals surface area contributed by atoms with Gasteiger partial charge < -0.3 is 14.8 Å². The van der Waals surface area contributed by atoms with Crippen molar-refractivity contribution < 1.29 is 14.3 Å². The van der Waals surface area contributed by atoms with E-state index in [1.165, 1.54) is 0 Å². The third kappa shape index (κ3) is 7.48. The van der Waals surface area contributed by atoms with E-state index in [0.717, 1.165) is 29.4 Å². The van der Waals surface area contributed by atoms with Gasteiger partial charge in [0.2, 0.25) is 0 Å². The Bertz CT molecular complexity index is 449. The van der Waals surface area contributed by atoms with Crippen LogP contribution in [0.1, 0.15) is 39.2 Å². The number of hydrogen-bond donors (Lipinski definition) is 1. The first-order valence-corrected chi connectivity index (χ1v) is 8.12. The number of rotatable bonds is 9. The highest BCUT2D eigenvalue weighted by atomic mass is 79.9. The monoisotopic (exact) mass is 357 g/mol. The van der Waals surface area contributed by atoms with Crippen LogP contribution in [-0.2, 0) is 16.1 Å². The number of benzene rings is 1. The van der Waals surface area contributed by atoms with Crippen LogP contribution in [0.3, 0.4) is 0 Å². The normalized spacial score (nSPS) is 10.7. The summed E-state index contributed by atoms with van der Waals surface area (Å²) in [7, 11) is 0. The average Bonchev–Trinajstić information content (AvgIpc) is 2.45. The second-order valence-electron chi connectivity index (χ2n) is 5.15. The number of hydrogen-bond acceptors (Lipinski definition) is 4. The van der Waals surface area contributed by atoms with Crippen molar-refractivity contribution in [2.75, 3.05) is 13.2 Å². The highest BCUT2D eigenvalue weighted by Gasteiger charge is 2.07. The lowest BCUT2D eigenvalue weighted by Gasteiger charge is -2.12. The zero-order valence-electron chi connectivity index (χ0n) is 12.9. The largest absolute Gasteiger partial charge is 0.482 e. The summed E-state index contributed by atoms with van der Waals surface area (Å²) in [6, 6.07) is 6.10. The fourth-order valence-electron chi connectivity index (χ4n) is 1.60. The molecule has 21 heavy (non-hydrogen) atoms. The van der Waals surface area contributed by atoms with Gasteiger partial charge in [0.1, 0.15) is 5.75 Å². The van der Waals surface area contributed by atoms with E-state index < -0.39 is 0 Å². The van der Waals surface area contributed by atoms with E-state index in [9.17, 15) is 4.79 Å². The van der Waals surface area contributed by atoms with Crippen LogP contribution in [0.5, 0.6) is 5.75 Å². The van der Waals surface area contributed by atoms with Gasteiger partial charge in [-0.25, -0.2) is 4.79 Å². The van der Waals surface area contributed by atoms with Crippen molar-refractivity contribution in [3.8, 4) is 5.75 Å². The fraction of sp³-hybridized carbons (Fsp3) is 0.562. The molecule has 4 nitrogen and oxygen atoms in total. The number of esters is 1. The van der Waals surface area contributed by atoms with E-state index in [1.54, 1.807) is 0 Å². The molecule has 0 amide bonds. The molecule has 0 saturated carbocycles. The summed E-state index contributed by atoms with van der Waals surface area (Å²) < 4.78 is 11.6. The van der Waals surface area contributed by atoms with Gasteiger partial charge >= 0.3 is 5.97 Å². The second kappa shape index (κ2) is 9.79. The van der Waals surface area contributed by atoms with Crippen LogP contribution in [-0.4, -0.2) is 25.2 Å². The van der Waals surface area contributed by atoms with E-state index in [4.69, 9.17) is 9.47 Å². The molecule has 0 saturated heterocycles. The van der Waals surface area contributed by atoms with Crippen molar-refractivity contribution in [3.63, 3.8) is 0 Å². The van der Waals surface area contributed by atoms with Crippen LogP contribution < -0.4 is 10.1 Å². The number of nitrogens with one attached hydrogen (secondary N) is 1. The summed E-state index contributed by atoms with van der Waals surface area (Å²) in [5.41, 5.74) is 1.10. The van der Waals surface area contributed by atoms with Crippen molar-refractivity contribution in [1.82, 2.24) is 5.32 Å². The van der Waals surface area contributed by atoms with Crippen molar-refractivity contribution in [2.24, 2.45) is 0 Å². The van der Waals surface area contributed by atoms with Crippen LogP contribution in [0.4, 0.5) is 0 Å². The predicted molar refractivity (Wildman–Crippen MR) is 87.5 cm³/mol. The summed E-state index contributed by atoms with van der Waals surface area (Å²) in [6.07, 6.45) is 1.89. The van der Waals surface area contributed by atoms with E-state index in [0.29, 0.717) is 18.4 Å². The molecule has 5 heteroatoms. The number of unbranched alkanes of at least 4 members (excludes halogenated alkanes) is 1. The van der Waals surface area contributed by atoms with Gasteiger partial charge in [0, 0.05) is 17.1 Å². The Balaban J connectivity index is 2.48. The molecule has 0 unspecified atom stereocenters. The van der Waals surface area contributed by atoms with E-state index in [2.05, 4.69) is 42.0 Å². The SMILES string of the molecule is CCCCOC(=O)COc1ccc(Br)c(CNC(C)C)c1. The Labute approximate surface area is 135 Å². The minimum absolute atomic E-state index is 0.0532. The molecule has 0 aliphatic rings. The number of carbonyl (C=O) groups excluding carboxylic acids is 1. The number of carbonyl (C=O) groups is 1. The van der Waals surface area contributed by atoms with Crippen LogP contribution in [0, 0.1) is 0 Å². The van der Waals surface area contributed by atoms with Crippen LogP contribution in [0.2, 0.25) is 0 Å². The first-order valence-electron chi connectivity index (χ1n) is 7.33. The minimum atomic E-state index is -0.326. The molecule has 1 aromatic carbocycles. The zero-order chi connectivity index (χ0) is 15.7. The van der Waals surface area contributed by atoms with Gasteiger partial charge in [-0.05, 0) is 30.2 Å². The van der Waals surface area contributed by atoms with E-state index >= 15 is 0 Å². The molecule has 0 aliphatic carbocycles. The quantitative estimate of drug-likeness (QED) is 0.541. The van der Waals surface area contributed by atoms with E-state index in [1.807, 2.05) is 18.2 Å². The summed E-state index contributed by atoms with van der Waals surface area (Å²) >= 11 is 3.52. The van der Waals surface area contributed by atoms with E-state index in [-0.39, 0.29) is 12.6 Å². The van der Waals surface area contributed by atoms with Crippen molar-refractivity contribution in [3.05, 3.63) is 28.2 Å². The van der Waals surface area contributed by atoms with Gasteiger partial charge in [0.05, 0.1) is 6.61 Å². The van der Waals surface area contributed by atoms with Gasteiger partial charge in [-0.3, -0.25) is 0 Å². The molecule has 1 aromatic rings. The van der Waals surface area contributed by atoms with Gasteiger partial charge in [0.15, 0.2) is 6.61 Å². The summed E-state index contributed by atoms with van der Waals surface area (Å²) in [4.78, 5) is 11.5. The van der Waals surface area contributed by atoms with Crippen LogP contribution in [0.25, 0.3) is 0 Å². The molecule has 0 bridgehead atoms. The number of halogens is 1. The van der Waals surface area contributed by atoms with Crippen molar-refractivity contribution in [2.45, 2.75) is 46.2 Å². The lowest BCUT2D eigenvalue weighted by Crippen LogP contribution is -2.22. The molecule has 1 rings (SSSR count). The highest BCUT2D eigenvalue weighted by Crippen LogP contribution is 2.22. The maximum Gasteiger partial charge on any atom is 0.344 e. The summed E-state index contributed by atoms with van der Waals surface area (Å²) in [5.74, 6) is 0.347. The van der Waals surface area contributed by atoms with Gasteiger partial charge in [-0.15, -0.1) is 0 Å². The Kier molecular flexibility index (Phi) is 8.38. The first-order chi connectivity index (χ1) is 10.0. The molecule has 1 N–H and O–H groups in total. The zero-order valence-corrected chi connectivity index (χ0v) is 14.5. The van der Waals surface area contributed by atoms with Gasteiger partial charge in [-0.2, -0.15) is 0 Å².